The van der Waals surface area contributed by atoms with Gasteiger partial charge in [0.1, 0.15) is 11.9 Å². The topological polar surface area (TPSA) is 83.4 Å². The number of nitrogens with two attached hydrogens (primary N) is 1. The monoisotopic (exact) mass is 261 g/mol. The average molecular weight is 261 g/mol. The first-order chi connectivity index (χ1) is 9.35. The Labute approximate surface area is 110 Å². The zero-order valence-electron chi connectivity index (χ0n) is 10.4. The number of hydrogen-bond acceptors (Lipinski definition) is 6. The van der Waals surface area contributed by atoms with Crippen LogP contribution in [0.25, 0.3) is 11.4 Å². The normalized spacial score (nSPS) is 18.7. The molecule has 0 amide bonds. The predicted molar refractivity (Wildman–Crippen MR) is 67.5 cm³/mol. The van der Waals surface area contributed by atoms with Crippen molar-refractivity contribution in [3.05, 3.63) is 30.2 Å². The molecule has 2 heterocycles. The van der Waals surface area contributed by atoms with Crippen molar-refractivity contribution in [2.24, 2.45) is 5.73 Å². The van der Waals surface area contributed by atoms with Crippen molar-refractivity contribution in [3.8, 4) is 17.1 Å². The summed E-state index contributed by atoms with van der Waals surface area (Å²) in [5.74, 6) is 1.79. The van der Waals surface area contributed by atoms with Gasteiger partial charge in [0.05, 0.1) is 19.8 Å². The molecule has 100 valence electrons. The van der Waals surface area contributed by atoms with Crippen LogP contribution in [-0.2, 0) is 11.3 Å². The fourth-order valence-corrected chi connectivity index (χ4v) is 1.94. The highest BCUT2D eigenvalue weighted by atomic mass is 16.5. The van der Waals surface area contributed by atoms with E-state index in [0.29, 0.717) is 18.3 Å². The first-order valence-electron chi connectivity index (χ1n) is 6.22. The lowest BCUT2D eigenvalue weighted by molar-refractivity contribution is 0.141. The minimum Gasteiger partial charge on any atom is -0.488 e. The molecule has 6 heteroatoms. The van der Waals surface area contributed by atoms with Gasteiger partial charge < -0.3 is 19.7 Å². The van der Waals surface area contributed by atoms with Crippen molar-refractivity contribution >= 4 is 0 Å². The van der Waals surface area contributed by atoms with Crippen LogP contribution in [0.2, 0.25) is 0 Å². The van der Waals surface area contributed by atoms with Gasteiger partial charge in [-0.05, 0) is 24.3 Å². The third kappa shape index (κ3) is 2.74. The third-order valence-electron chi connectivity index (χ3n) is 2.95. The van der Waals surface area contributed by atoms with Crippen molar-refractivity contribution in [2.75, 3.05) is 13.2 Å². The first-order valence-corrected chi connectivity index (χ1v) is 6.22. The highest BCUT2D eigenvalue weighted by molar-refractivity contribution is 5.55. The van der Waals surface area contributed by atoms with E-state index in [4.69, 9.17) is 19.7 Å². The van der Waals surface area contributed by atoms with E-state index in [1.807, 2.05) is 24.3 Å². The molecule has 0 aliphatic carbocycles. The van der Waals surface area contributed by atoms with Gasteiger partial charge in [-0.2, -0.15) is 4.98 Å². The number of nitrogens with zero attached hydrogens (tertiary/aromatic N) is 2. The standard InChI is InChI=1S/C13H15N3O3/c14-7-12-15-13(16-19-12)9-1-3-10(4-2-9)18-11-5-6-17-8-11/h1-4,11H,5-8,14H2. The minimum absolute atomic E-state index is 0.153. The van der Waals surface area contributed by atoms with Gasteiger partial charge in [0.2, 0.25) is 11.7 Å². The van der Waals surface area contributed by atoms with Crippen LogP contribution in [0.5, 0.6) is 5.75 Å². The lowest BCUT2D eigenvalue weighted by atomic mass is 10.2. The van der Waals surface area contributed by atoms with Gasteiger partial charge in [-0.3, -0.25) is 0 Å². The van der Waals surface area contributed by atoms with Gasteiger partial charge in [-0.25, -0.2) is 0 Å². The summed E-state index contributed by atoms with van der Waals surface area (Å²) in [4.78, 5) is 4.17. The molecule has 3 rings (SSSR count). The van der Waals surface area contributed by atoms with E-state index in [1.165, 1.54) is 0 Å². The van der Waals surface area contributed by atoms with Crippen LogP contribution in [-0.4, -0.2) is 29.5 Å². The molecule has 0 spiro atoms. The Balaban J connectivity index is 1.70. The van der Waals surface area contributed by atoms with Gasteiger partial charge in [-0.15, -0.1) is 0 Å². The largest absolute Gasteiger partial charge is 0.488 e. The van der Waals surface area contributed by atoms with Gasteiger partial charge in [-0.1, -0.05) is 5.16 Å². The quantitative estimate of drug-likeness (QED) is 0.894. The Morgan fingerprint density at radius 1 is 1.32 bits per heavy atom. The Kier molecular flexibility index (Phi) is 3.43. The maximum atomic E-state index is 5.78. The van der Waals surface area contributed by atoms with Crippen LogP contribution in [0.4, 0.5) is 0 Å². The zero-order chi connectivity index (χ0) is 13.1. The lowest BCUT2D eigenvalue weighted by Crippen LogP contribution is -2.15. The fraction of sp³-hybridized carbons (Fsp3) is 0.385. The molecular formula is C13H15N3O3. The summed E-state index contributed by atoms with van der Waals surface area (Å²) in [5, 5.41) is 3.86. The van der Waals surface area contributed by atoms with Crippen molar-refractivity contribution in [3.63, 3.8) is 0 Å². The Morgan fingerprint density at radius 3 is 2.79 bits per heavy atom. The zero-order valence-corrected chi connectivity index (χ0v) is 10.4. The Morgan fingerprint density at radius 2 is 2.16 bits per heavy atom. The Bertz CT molecular complexity index is 532. The molecule has 19 heavy (non-hydrogen) atoms. The van der Waals surface area contributed by atoms with Crippen molar-refractivity contribution in [2.45, 2.75) is 19.1 Å². The van der Waals surface area contributed by atoms with E-state index < -0.39 is 0 Å². The lowest BCUT2D eigenvalue weighted by Gasteiger charge is -2.11. The van der Waals surface area contributed by atoms with E-state index in [2.05, 4.69) is 10.1 Å². The molecule has 1 aromatic heterocycles. The molecular weight excluding hydrogens is 246 g/mol. The van der Waals surface area contributed by atoms with Crippen LogP contribution in [0.1, 0.15) is 12.3 Å². The summed E-state index contributed by atoms with van der Waals surface area (Å²) in [7, 11) is 0. The molecule has 1 saturated heterocycles. The van der Waals surface area contributed by atoms with Crippen LogP contribution in [0, 0.1) is 0 Å². The summed E-state index contributed by atoms with van der Waals surface area (Å²) in [5.41, 5.74) is 6.30. The third-order valence-corrected chi connectivity index (χ3v) is 2.95. The van der Waals surface area contributed by atoms with E-state index in [1.54, 1.807) is 0 Å². The van der Waals surface area contributed by atoms with E-state index >= 15 is 0 Å². The summed E-state index contributed by atoms with van der Waals surface area (Å²) in [6.07, 6.45) is 1.09. The van der Waals surface area contributed by atoms with Crippen LogP contribution in [0.3, 0.4) is 0 Å². The van der Waals surface area contributed by atoms with E-state index in [9.17, 15) is 0 Å². The highest BCUT2D eigenvalue weighted by Crippen LogP contribution is 2.22. The maximum Gasteiger partial charge on any atom is 0.240 e. The molecule has 2 N–H and O–H groups in total. The Hall–Kier alpha value is -1.92. The second kappa shape index (κ2) is 5.38. The van der Waals surface area contributed by atoms with Crippen LogP contribution < -0.4 is 10.5 Å². The van der Waals surface area contributed by atoms with Gasteiger partial charge in [0.25, 0.3) is 0 Å². The van der Waals surface area contributed by atoms with Crippen molar-refractivity contribution in [1.82, 2.24) is 10.1 Å². The maximum absolute atomic E-state index is 5.78. The van der Waals surface area contributed by atoms with Crippen LogP contribution >= 0.6 is 0 Å². The fourth-order valence-electron chi connectivity index (χ4n) is 1.94. The van der Waals surface area contributed by atoms with E-state index in [0.717, 1.165) is 24.3 Å². The van der Waals surface area contributed by atoms with E-state index in [-0.39, 0.29) is 12.6 Å². The second-order valence-corrected chi connectivity index (χ2v) is 4.34. The minimum atomic E-state index is 0.153. The van der Waals surface area contributed by atoms with Gasteiger partial charge in [0.15, 0.2) is 0 Å². The molecule has 1 unspecified atom stereocenters. The number of hydrogen-bond donors (Lipinski definition) is 1. The summed E-state index contributed by atoms with van der Waals surface area (Å²) in [6, 6.07) is 7.59. The van der Waals surface area contributed by atoms with Gasteiger partial charge >= 0.3 is 0 Å². The first kappa shape index (κ1) is 12.1. The van der Waals surface area contributed by atoms with Crippen LogP contribution in [0.15, 0.2) is 28.8 Å². The molecule has 6 nitrogen and oxygen atoms in total. The SMILES string of the molecule is NCc1nc(-c2ccc(OC3CCOC3)cc2)no1. The number of ether oxygens (including phenoxy) is 2. The van der Waals surface area contributed by atoms with Crippen molar-refractivity contribution in [1.29, 1.82) is 0 Å². The molecule has 1 atom stereocenters. The molecule has 1 aromatic carbocycles. The summed E-state index contributed by atoms with van der Waals surface area (Å²) < 4.78 is 16.0. The average Bonchev–Trinajstić information content (AvgIpc) is 3.10. The molecule has 0 radical (unpaired) electrons. The number of benzene rings is 1. The summed E-state index contributed by atoms with van der Waals surface area (Å²) in [6.45, 7) is 1.68. The molecule has 1 aliphatic rings. The summed E-state index contributed by atoms with van der Waals surface area (Å²) >= 11 is 0. The predicted octanol–water partition coefficient (Wildman–Crippen LogP) is 1.36. The molecule has 2 aromatic rings. The molecule has 0 saturated carbocycles. The molecule has 0 bridgehead atoms. The van der Waals surface area contributed by atoms with Crippen molar-refractivity contribution < 1.29 is 14.0 Å². The van der Waals surface area contributed by atoms with Gasteiger partial charge in [0, 0.05) is 12.0 Å². The number of aromatic nitrogens is 2. The number of rotatable bonds is 4. The second-order valence-electron chi connectivity index (χ2n) is 4.34. The molecule has 1 fully saturated rings. The highest BCUT2D eigenvalue weighted by Gasteiger charge is 2.17. The smallest absolute Gasteiger partial charge is 0.240 e. The molecule has 1 aliphatic heterocycles.